The zero-order valence-corrected chi connectivity index (χ0v) is 13.2. The number of nitrogens with zero attached hydrogens (tertiary/aromatic N) is 1. The first-order chi connectivity index (χ1) is 8.99. The van der Waals surface area contributed by atoms with Crippen LogP contribution in [0.25, 0.3) is 0 Å². The lowest BCUT2D eigenvalue weighted by Gasteiger charge is -2.37. The van der Waals surface area contributed by atoms with Crippen molar-refractivity contribution in [2.24, 2.45) is 5.92 Å². The van der Waals surface area contributed by atoms with Crippen molar-refractivity contribution >= 4 is 5.91 Å². The van der Waals surface area contributed by atoms with Gasteiger partial charge in [-0.05, 0) is 25.7 Å². The highest BCUT2D eigenvalue weighted by molar-refractivity contribution is 5.82. The third kappa shape index (κ3) is 4.77. The first-order valence-electron chi connectivity index (χ1n) is 7.76. The molecule has 1 fully saturated rings. The van der Waals surface area contributed by atoms with Crippen LogP contribution in [0.3, 0.4) is 0 Å². The van der Waals surface area contributed by atoms with Crippen molar-refractivity contribution in [2.45, 2.75) is 65.6 Å². The zero-order valence-electron chi connectivity index (χ0n) is 13.2. The van der Waals surface area contributed by atoms with Crippen LogP contribution in [0.2, 0.25) is 0 Å². The van der Waals surface area contributed by atoms with Crippen LogP contribution in [0.4, 0.5) is 0 Å². The van der Waals surface area contributed by atoms with Gasteiger partial charge in [0.25, 0.3) is 0 Å². The molecule has 1 heterocycles. The monoisotopic (exact) mass is 269 g/mol. The lowest BCUT2D eigenvalue weighted by Crippen LogP contribution is -2.61. The van der Waals surface area contributed by atoms with E-state index in [-0.39, 0.29) is 11.9 Å². The number of carbonyl (C=O) groups is 1. The Morgan fingerprint density at radius 2 is 1.84 bits per heavy atom. The van der Waals surface area contributed by atoms with E-state index in [1.165, 1.54) is 0 Å². The Hall–Kier alpha value is -0.610. The molecule has 2 N–H and O–H groups in total. The highest BCUT2D eigenvalue weighted by atomic mass is 16.2. The van der Waals surface area contributed by atoms with Crippen LogP contribution >= 0.6 is 0 Å². The van der Waals surface area contributed by atoms with Crippen LogP contribution in [-0.4, -0.2) is 48.6 Å². The number of piperazine rings is 1. The van der Waals surface area contributed by atoms with Gasteiger partial charge in [0, 0.05) is 31.7 Å². The van der Waals surface area contributed by atoms with E-state index < -0.39 is 0 Å². The molecular formula is C15H31N3O. The Morgan fingerprint density at radius 1 is 1.21 bits per heavy atom. The van der Waals surface area contributed by atoms with Crippen molar-refractivity contribution in [3.8, 4) is 0 Å². The quantitative estimate of drug-likeness (QED) is 0.770. The van der Waals surface area contributed by atoms with E-state index >= 15 is 0 Å². The normalized spacial score (nSPS) is 23.9. The van der Waals surface area contributed by atoms with E-state index in [9.17, 15) is 4.79 Å². The summed E-state index contributed by atoms with van der Waals surface area (Å²) in [6.07, 6.45) is 2.07. The van der Waals surface area contributed by atoms with Crippen molar-refractivity contribution in [1.29, 1.82) is 0 Å². The van der Waals surface area contributed by atoms with Gasteiger partial charge in [0.05, 0.1) is 6.04 Å². The second kappa shape index (κ2) is 7.85. The molecule has 1 saturated heterocycles. The zero-order chi connectivity index (χ0) is 14.4. The molecular weight excluding hydrogens is 238 g/mol. The van der Waals surface area contributed by atoms with E-state index in [4.69, 9.17) is 0 Å². The molecule has 2 unspecified atom stereocenters. The Bertz CT molecular complexity index is 269. The summed E-state index contributed by atoms with van der Waals surface area (Å²) < 4.78 is 0. The third-order valence-electron chi connectivity index (χ3n) is 3.87. The number of hydrogen-bond donors (Lipinski definition) is 2. The summed E-state index contributed by atoms with van der Waals surface area (Å²) in [6.45, 7) is 13.3. The van der Waals surface area contributed by atoms with Crippen molar-refractivity contribution in [3.63, 3.8) is 0 Å². The summed E-state index contributed by atoms with van der Waals surface area (Å²) in [7, 11) is 0. The first kappa shape index (κ1) is 16.4. The number of hydrogen-bond acceptors (Lipinski definition) is 3. The fourth-order valence-electron chi connectivity index (χ4n) is 2.70. The van der Waals surface area contributed by atoms with Gasteiger partial charge >= 0.3 is 0 Å². The number of rotatable bonds is 6. The van der Waals surface area contributed by atoms with Crippen LogP contribution in [-0.2, 0) is 4.79 Å². The van der Waals surface area contributed by atoms with E-state index in [0.717, 1.165) is 32.5 Å². The lowest BCUT2D eigenvalue weighted by molar-refractivity contribution is -0.137. The van der Waals surface area contributed by atoms with E-state index in [2.05, 4.69) is 50.2 Å². The molecule has 0 saturated carbocycles. The van der Waals surface area contributed by atoms with Crippen molar-refractivity contribution < 1.29 is 4.79 Å². The van der Waals surface area contributed by atoms with E-state index in [0.29, 0.717) is 18.0 Å². The number of carbonyl (C=O) groups excluding carboxylic acids is 1. The van der Waals surface area contributed by atoms with Crippen LogP contribution < -0.4 is 10.6 Å². The Balaban J connectivity index is 2.70. The standard InChI is InChI=1S/C15H31N3O/c1-6-13(7-2)18(10-11(3)4)15(19)14-9-16-12(5)8-17-14/h11-14,16-17H,6-10H2,1-5H3. The van der Waals surface area contributed by atoms with Gasteiger partial charge in [-0.2, -0.15) is 0 Å². The summed E-state index contributed by atoms with van der Waals surface area (Å²) in [6, 6.07) is 0.766. The van der Waals surface area contributed by atoms with Gasteiger partial charge in [0.15, 0.2) is 0 Å². The maximum absolute atomic E-state index is 12.7. The smallest absolute Gasteiger partial charge is 0.241 e. The minimum atomic E-state index is -0.0597. The van der Waals surface area contributed by atoms with E-state index in [1.807, 2.05) is 0 Å². The molecule has 0 aliphatic carbocycles. The van der Waals surface area contributed by atoms with Crippen LogP contribution in [0, 0.1) is 5.92 Å². The first-order valence-corrected chi connectivity index (χ1v) is 7.76. The molecule has 19 heavy (non-hydrogen) atoms. The molecule has 0 bridgehead atoms. The van der Waals surface area contributed by atoms with Crippen molar-refractivity contribution in [3.05, 3.63) is 0 Å². The van der Waals surface area contributed by atoms with Gasteiger partial charge in [-0.1, -0.05) is 27.7 Å². The van der Waals surface area contributed by atoms with Gasteiger partial charge in [0.2, 0.25) is 5.91 Å². The Morgan fingerprint density at radius 3 is 2.26 bits per heavy atom. The third-order valence-corrected chi connectivity index (χ3v) is 3.87. The Labute approximate surface area is 118 Å². The molecule has 1 amide bonds. The molecule has 2 atom stereocenters. The molecule has 112 valence electrons. The minimum Gasteiger partial charge on any atom is -0.338 e. The van der Waals surface area contributed by atoms with Crippen molar-refractivity contribution in [2.75, 3.05) is 19.6 Å². The fourth-order valence-corrected chi connectivity index (χ4v) is 2.70. The molecule has 0 aromatic carbocycles. The SMILES string of the molecule is CCC(CC)N(CC(C)C)C(=O)C1CNC(C)CN1. The van der Waals surface area contributed by atoms with Gasteiger partial charge in [-0.25, -0.2) is 0 Å². The predicted octanol–water partition coefficient (Wildman–Crippen LogP) is 1.61. The second-order valence-electron chi connectivity index (χ2n) is 6.12. The molecule has 4 nitrogen and oxygen atoms in total. The minimum absolute atomic E-state index is 0.0597. The van der Waals surface area contributed by atoms with E-state index in [1.54, 1.807) is 0 Å². The topological polar surface area (TPSA) is 44.4 Å². The second-order valence-corrected chi connectivity index (χ2v) is 6.12. The van der Waals surface area contributed by atoms with Crippen LogP contribution in [0.5, 0.6) is 0 Å². The average molecular weight is 269 g/mol. The van der Waals surface area contributed by atoms with Gasteiger partial charge in [-0.3, -0.25) is 4.79 Å². The maximum Gasteiger partial charge on any atom is 0.241 e. The number of amides is 1. The Kier molecular flexibility index (Phi) is 6.80. The summed E-state index contributed by atoms with van der Waals surface area (Å²) in [5.41, 5.74) is 0. The molecule has 1 rings (SSSR count). The summed E-state index contributed by atoms with van der Waals surface area (Å²) in [4.78, 5) is 14.8. The van der Waals surface area contributed by atoms with Crippen LogP contribution in [0.1, 0.15) is 47.5 Å². The molecule has 1 aliphatic heterocycles. The molecule has 0 spiro atoms. The van der Waals surface area contributed by atoms with Gasteiger partial charge in [0.1, 0.15) is 0 Å². The largest absolute Gasteiger partial charge is 0.338 e. The molecule has 4 heteroatoms. The maximum atomic E-state index is 12.7. The molecule has 1 aliphatic rings. The molecule has 0 aromatic heterocycles. The highest BCUT2D eigenvalue weighted by Gasteiger charge is 2.30. The lowest BCUT2D eigenvalue weighted by atomic mass is 10.0. The van der Waals surface area contributed by atoms with Gasteiger partial charge < -0.3 is 15.5 Å². The predicted molar refractivity (Wildman–Crippen MR) is 80.2 cm³/mol. The fraction of sp³-hybridized carbons (Fsp3) is 0.933. The average Bonchev–Trinajstić information content (AvgIpc) is 2.38. The molecule has 0 radical (unpaired) electrons. The van der Waals surface area contributed by atoms with Crippen LogP contribution in [0.15, 0.2) is 0 Å². The van der Waals surface area contributed by atoms with Crippen molar-refractivity contribution in [1.82, 2.24) is 15.5 Å². The summed E-state index contributed by atoms with van der Waals surface area (Å²) in [5.74, 6) is 0.779. The number of nitrogens with one attached hydrogen (secondary N) is 2. The van der Waals surface area contributed by atoms with Gasteiger partial charge in [-0.15, -0.1) is 0 Å². The highest BCUT2D eigenvalue weighted by Crippen LogP contribution is 2.14. The summed E-state index contributed by atoms with van der Waals surface area (Å²) >= 11 is 0. The summed E-state index contributed by atoms with van der Waals surface area (Å²) in [5, 5.41) is 6.76. The molecule has 0 aromatic rings.